The molecule has 0 atom stereocenters. The molecule has 0 aliphatic rings. The summed E-state index contributed by atoms with van der Waals surface area (Å²) in [7, 11) is 0. The summed E-state index contributed by atoms with van der Waals surface area (Å²) >= 11 is 0. The second kappa shape index (κ2) is 11.2. The molecule has 0 aliphatic carbocycles. The summed E-state index contributed by atoms with van der Waals surface area (Å²) in [5.41, 5.74) is 0.868. The van der Waals surface area contributed by atoms with Gasteiger partial charge in [-0.1, -0.05) is 39.5 Å². The molecule has 0 radical (unpaired) electrons. The van der Waals surface area contributed by atoms with Gasteiger partial charge in [-0.05, 0) is 37.1 Å². The van der Waals surface area contributed by atoms with Gasteiger partial charge in [-0.25, -0.2) is 9.97 Å². The Kier molecular flexibility index (Phi) is 8.60. The molecule has 0 aliphatic heterocycles. The number of unbranched alkanes of at least 4 members (excludes halogenated alkanes) is 4. The minimum absolute atomic E-state index is 0.198. The van der Waals surface area contributed by atoms with Crippen LogP contribution in [0.25, 0.3) is 11.4 Å². The highest BCUT2D eigenvalue weighted by Crippen LogP contribution is 2.21. The second-order valence-electron chi connectivity index (χ2n) is 6.25. The van der Waals surface area contributed by atoms with Crippen LogP contribution in [-0.4, -0.2) is 22.5 Å². The van der Waals surface area contributed by atoms with Crippen LogP contribution in [0.2, 0.25) is 0 Å². The predicted octanol–water partition coefficient (Wildman–Crippen LogP) is 5.20. The van der Waals surface area contributed by atoms with Crippen molar-refractivity contribution in [2.75, 3.05) is 6.61 Å². The Labute approximate surface area is 155 Å². The number of esters is 1. The monoisotopic (exact) mass is 356 g/mol. The fourth-order valence-corrected chi connectivity index (χ4v) is 2.43. The number of hydrogen-bond acceptors (Lipinski definition) is 5. The van der Waals surface area contributed by atoms with Crippen molar-refractivity contribution in [3.8, 4) is 22.9 Å². The van der Waals surface area contributed by atoms with Crippen LogP contribution in [0.4, 0.5) is 0 Å². The molecule has 0 spiro atoms. The smallest absolute Gasteiger partial charge is 0.311 e. The van der Waals surface area contributed by atoms with Gasteiger partial charge in [0.25, 0.3) is 0 Å². The highest BCUT2D eigenvalue weighted by Gasteiger charge is 2.06. The lowest BCUT2D eigenvalue weighted by Gasteiger charge is -2.07. The van der Waals surface area contributed by atoms with Crippen molar-refractivity contribution in [3.05, 3.63) is 36.7 Å². The molecule has 0 saturated heterocycles. The minimum atomic E-state index is -0.198. The maximum Gasteiger partial charge on any atom is 0.311 e. The molecule has 1 aromatic heterocycles. The number of carbonyl (C=O) groups excluding carboxylic acids is 1. The van der Waals surface area contributed by atoms with Gasteiger partial charge in [0.05, 0.1) is 19.0 Å². The van der Waals surface area contributed by atoms with Crippen LogP contribution >= 0.6 is 0 Å². The van der Waals surface area contributed by atoms with E-state index in [1.54, 1.807) is 24.5 Å². The molecule has 0 unspecified atom stereocenters. The lowest BCUT2D eigenvalue weighted by molar-refractivity contribution is -0.134. The van der Waals surface area contributed by atoms with Gasteiger partial charge in [-0.3, -0.25) is 4.79 Å². The van der Waals surface area contributed by atoms with Crippen molar-refractivity contribution in [3.63, 3.8) is 0 Å². The Morgan fingerprint density at radius 1 is 0.885 bits per heavy atom. The standard InChI is InChI=1S/C21H28N2O3/c1-3-5-7-8-14-25-19-15-22-21(23-16-19)17-10-12-18(13-11-17)26-20(24)9-6-4-2/h10-13,15-16H,3-9,14H2,1-2H3. The molecule has 2 rings (SSSR count). The maximum atomic E-state index is 11.6. The Hall–Kier alpha value is -2.43. The number of nitrogens with zero attached hydrogens (tertiary/aromatic N) is 2. The average molecular weight is 356 g/mol. The van der Waals surface area contributed by atoms with Crippen molar-refractivity contribution < 1.29 is 14.3 Å². The van der Waals surface area contributed by atoms with Crippen LogP contribution in [0.3, 0.4) is 0 Å². The summed E-state index contributed by atoms with van der Waals surface area (Å²) in [6.07, 6.45) is 10.3. The number of carbonyl (C=O) groups is 1. The molecule has 140 valence electrons. The van der Waals surface area contributed by atoms with E-state index < -0.39 is 0 Å². The third-order valence-corrected chi connectivity index (χ3v) is 3.97. The van der Waals surface area contributed by atoms with E-state index in [-0.39, 0.29) is 5.97 Å². The molecule has 1 heterocycles. The van der Waals surface area contributed by atoms with Crippen LogP contribution in [0.15, 0.2) is 36.7 Å². The van der Waals surface area contributed by atoms with E-state index >= 15 is 0 Å². The van der Waals surface area contributed by atoms with E-state index in [0.717, 1.165) is 24.8 Å². The van der Waals surface area contributed by atoms with E-state index in [0.29, 0.717) is 30.4 Å². The van der Waals surface area contributed by atoms with E-state index in [1.807, 2.05) is 19.1 Å². The number of ether oxygens (including phenoxy) is 2. The quantitative estimate of drug-likeness (QED) is 0.315. The Bertz CT molecular complexity index is 654. The predicted molar refractivity (Wildman–Crippen MR) is 102 cm³/mol. The number of aromatic nitrogens is 2. The highest BCUT2D eigenvalue weighted by molar-refractivity contribution is 5.72. The normalized spacial score (nSPS) is 10.5. The molecule has 2 aromatic rings. The third-order valence-electron chi connectivity index (χ3n) is 3.97. The molecule has 0 saturated carbocycles. The first-order valence-electron chi connectivity index (χ1n) is 9.49. The lowest BCUT2D eigenvalue weighted by Crippen LogP contribution is -2.07. The van der Waals surface area contributed by atoms with Crippen molar-refractivity contribution in [1.29, 1.82) is 0 Å². The number of benzene rings is 1. The van der Waals surface area contributed by atoms with Crippen LogP contribution in [-0.2, 0) is 4.79 Å². The zero-order chi connectivity index (χ0) is 18.6. The zero-order valence-electron chi connectivity index (χ0n) is 15.7. The van der Waals surface area contributed by atoms with Gasteiger partial charge in [-0.2, -0.15) is 0 Å². The summed E-state index contributed by atoms with van der Waals surface area (Å²) in [6.45, 7) is 4.93. The zero-order valence-corrected chi connectivity index (χ0v) is 15.7. The van der Waals surface area contributed by atoms with Crippen molar-refractivity contribution >= 4 is 5.97 Å². The Morgan fingerprint density at radius 3 is 2.23 bits per heavy atom. The first-order valence-corrected chi connectivity index (χ1v) is 9.49. The minimum Gasteiger partial charge on any atom is -0.490 e. The molecule has 0 fully saturated rings. The molecular weight excluding hydrogens is 328 g/mol. The molecule has 0 N–H and O–H groups in total. The first-order chi connectivity index (χ1) is 12.7. The summed E-state index contributed by atoms with van der Waals surface area (Å²) < 4.78 is 11.0. The number of hydrogen-bond donors (Lipinski definition) is 0. The third kappa shape index (κ3) is 6.82. The van der Waals surface area contributed by atoms with Crippen LogP contribution < -0.4 is 9.47 Å². The molecule has 0 bridgehead atoms. The SMILES string of the molecule is CCCCCCOc1cnc(-c2ccc(OC(=O)CCCC)cc2)nc1. The van der Waals surface area contributed by atoms with Crippen molar-refractivity contribution in [2.24, 2.45) is 0 Å². The number of rotatable bonds is 11. The van der Waals surface area contributed by atoms with Gasteiger partial charge < -0.3 is 9.47 Å². The van der Waals surface area contributed by atoms with Gasteiger partial charge in [0.15, 0.2) is 11.6 Å². The first kappa shape index (κ1) is 19.9. The van der Waals surface area contributed by atoms with Crippen LogP contribution in [0.5, 0.6) is 11.5 Å². The highest BCUT2D eigenvalue weighted by atomic mass is 16.5. The van der Waals surface area contributed by atoms with Crippen molar-refractivity contribution in [1.82, 2.24) is 9.97 Å². The summed E-state index contributed by atoms with van der Waals surface area (Å²) in [6, 6.07) is 7.23. The molecule has 5 nitrogen and oxygen atoms in total. The van der Waals surface area contributed by atoms with Gasteiger partial charge in [0.2, 0.25) is 0 Å². The average Bonchev–Trinajstić information content (AvgIpc) is 2.67. The summed E-state index contributed by atoms with van der Waals surface area (Å²) in [4.78, 5) is 20.3. The van der Waals surface area contributed by atoms with Gasteiger partial charge in [0, 0.05) is 12.0 Å². The van der Waals surface area contributed by atoms with Gasteiger partial charge in [-0.15, -0.1) is 0 Å². The molecule has 5 heteroatoms. The van der Waals surface area contributed by atoms with Crippen LogP contribution in [0, 0.1) is 0 Å². The van der Waals surface area contributed by atoms with E-state index in [9.17, 15) is 4.79 Å². The van der Waals surface area contributed by atoms with Crippen molar-refractivity contribution in [2.45, 2.75) is 58.8 Å². The topological polar surface area (TPSA) is 61.3 Å². The van der Waals surface area contributed by atoms with E-state index in [4.69, 9.17) is 9.47 Å². The van der Waals surface area contributed by atoms with E-state index in [2.05, 4.69) is 16.9 Å². The van der Waals surface area contributed by atoms with Gasteiger partial charge >= 0.3 is 5.97 Å². The summed E-state index contributed by atoms with van der Waals surface area (Å²) in [5, 5.41) is 0. The molecular formula is C21H28N2O3. The summed E-state index contributed by atoms with van der Waals surface area (Å²) in [5.74, 6) is 1.65. The Morgan fingerprint density at radius 2 is 1.58 bits per heavy atom. The van der Waals surface area contributed by atoms with Crippen LogP contribution in [0.1, 0.15) is 58.8 Å². The second-order valence-corrected chi connectivity index (χ2v) is 6.25. The lowest BCUT2D eigenvalue weighted by atomic mass is 10.2. The molecule has 1 aromatic carbocycles. The fraction of sp³-hybridized carbons (Fsp3) is 0.476. The molecule has 26 heavy (non-hydrogen) atoms. The Balaban J connectivity index is 1.85. The maximum absolute atomic E-state index is 11.6. The fourth-order valence-electron chi connectivity index (χ4n) is 2.43. The largest absolute Gasteiger partial charge is 0.490 e. The van der Waals surface area contributed by atoms with E-state index in [1.165, 1.54) is 19.3 Å². The van der Waals surface area contributed by atoms with Gasteiger partial charge in [0.1, 0.15) is 5.75 Å². The molecule has 0 amide bonds.